The molecule has 0 aromatic heterocycles. The summed E-state index contributed by atoms with van der Waals surface area (Å²) in [7, 11) is 1.19. The fourth-order valence-corrected chi connectivity index (χ4v) is 1.60. The van der Waals surface area contributed by atoms with Gasteiger partial charge in [-0.3, -0.25) is 9.59 Å². The third-order valence-corrected chi connectivity index (χ3v) is 2.90. The van der Waals surface area contributed by atoms with E-state index in [1.165, 1.54) is 19.2 Å². The predicted molar refractivity (Wildman–Crippen MR) is 71.3 cm³/mol. The molecule has 21 heavy (non-hydrogen) atoms. The van der Waals surface area contributed by atoms with E-state index in [-0.39, 0.29) is 18.4 Å². The van der Waals surface area contributed by atoms with Crippen LogP contribution in [0.5, 0.6) is 0 Å². The third kappa shape index (κ3) is 4.87. The van der Waals surface area contributed by atoms with Crippen LogP contribution >= 0.6 is 0 Å². The van der Waals surface area contributed by atoms with Gasteiger partial charge in [0.1, 0.15) is 11.9 Å². The first-order valence-corrected chi connectivity index (χ1v) is 6.21. The standard InChI is InChI=1S/C14H16FNO5/c1-8-3-4-9(7-10(8)15)13(18)16-11(14(19)20)5-6-12(17)21-2/h3-4,7,11H,5-6H2,1-2H3,(H,16,18)(H,19,20). The molecule has 7 heteroatoms. The molecule has 0 aliphatic heterocycles. The van der Waals surface area contributed by atoms with Crippen LogP contribution in [0.15, 0.2) is 18.2 Å². The number of amides is 1. The van der Waals surface area contributed by atoms with Crippen molar-refractivity contribution in [2.24, 2.45) is 0 Å². The lowest BCUT2D eigenvalue weighted by atomic mass is 10.1. The molecule has 0 fully saturated rings. The molecule has 1 amide bonds. The zero-order chi connectivity index (χ0) is 16.0. The van der Waals surface area contributed by atoms with Crippen LogP contribution in [0.1, 0.15) is 28.8 Å². The van der Waals surface area contributed by atoms with Gasteiger partial charge in [0.05, 0.1) is 7.11 Å². The number of ether oxygens (including phenoxy) is 1. The van der Waals surface area contributed by atoms with Crippen molar-refractivity contribution in [3.63, 3.8) is 0 Å². The number of esters is 1. The first-order valence-electron chi connectivity index (χ1n) is 6.21. The number of carbonyl (C=O) groups excluding carboxylic acids is 2. The summed E-state index contributed by atoms with van der Waals surface area (Å²) >= 11 is 0. The van der Waals surface area contributed by atoms with Crippen molar-refractivity contribution in [3.8, 4) is 0 Å². The van der Waals surface area contributed by atoms with Gasteiger partial charge in [-0.05, 0) is 31.0 Å². The Hall–Kier alpha value is -2.44. The minimum Gasteiger partial charge on any atom is -0.480 e. The Morgan fingerprint density at radius 1 is 1.38 bits per heavy atom. The van der Waals surface area contributed by atoms with Gasteiger partial charge in [-0.25, -0.2) is 9.18 Å². The Labute approximate surface area is 120 Å². The molecule has 0 radical (unpaired) electrons. The van der Waals surface area contributed by atoms with Crippen molar-refractivity contribution in [1.29, 1.82) is 0 Å². The van der Waals surface area contributed by atoms with Crippen molar-refractivity contribution >= 4 is 17.8 Å². The maximum absolute atomic E-state index is 13.4. The lowest BCUT2D eigenvalue weighted by Gasteiger charge is -2.14. The minimum absolute atomic E-state index is 0.0161. The number of aryl methyl sites for hydroxylation is 1. The maximum Gasteiger partial charge on any atom is 0.326 e. The van der Waals surface area contributed by atoms with E-state index in [9.17, 15) is 18.8 Å². The van der Waals surface area contributed by atoms with Crippen LogP contribution < -0.4 is 5.32 Å². The van der Waals surface area contributed by atoms with Gasteiger partial charge in [-0.15, -0.1) is 0 Å². The van der Waals surface area contributed by atoms with E-state index in [0.717, 1.165) is 6.07 Å². The molecule has 0 spiro atoms. The van der Waals surface area contributed by atoms with Gasteiger partial charge in [0, 0.05) is 12.0 Å². The number of rotatable bonds is 6. The number of halogens is 1. The van der Waals surface area contributed by atoms with Gasteiger partial charge < -0.3 is 15.2 Å². The number of aliphatic carboxylic acids is 1. The number of carboxylic acid groups (broad SMARTS) is 1. The minimum atomic E-state index is -1.28. The largest absolute Gasteiger partial charge is 0.480 e. The Bertz CT molecular complexity index is 558. The number of carboxylic acids is 1. The monoisotopic (exact) mass is 297 g/mol. The number of benzene rings is 1. The Balaban J connectivity index is 2.74. The first kappa shape index (κ1) is 16.6. The summed E-state index contributed by atoms with van der Waals surface area (Å²) in [6.45, 7) is 1.55. The lowest BCUT2D eigenvalue weighted by Crippen LogP contribution is -2.41. The molecule has 1 aromatic carbocycles. The average Bonchev–Trinajstić information content (AvgIpc) is 2.45. The van der Waals surface area contributed by atoms with Crippen LogP contribution in [0.3, 0.4) is 0 Å². The summed E-state index contributed by atoms with van der Waals surface area (Å²) in [5.74, 6) is -3.12. The highest BCUT2D eigenvalue weighted by Gasteiger charge is 2.22. The smallest absolute Gasteiger partial charge is 0.326 e. The summed E-state index contributed by atoms with van der Waals surface area (Å²) in [4.78, 5) is 33.9. The quantitative estimate of drug-likeness (QED) is 0.771. The highest BCUT2D eigenvalue weighted by atomic mass is 19.1. The molecule has 0 heterocycles. The van der Waals surface area contributed by atoms with Crippen LogP contribution in [-0.2, 0) is 14.3 Å². The maximum atomic E-state index is 13.4. The summed E-state index contributed by atoms with van der Waals surface area (Å²) in [5.41, 5.74) is 0.398. The number of hydrogen-bond acceptors (Lipinski definition) is 4. The molecular formula is C14H16FNO5. The van der Waals surface area contributed by atoms with Crippen LogP contribution in [0.2, 0.25) is 0 Å². The van der Waals surface area contributed by atoms with Crippen LogP contribution in [0.4, 0.5) is 4.39 Å². The Morgan fingerprint density at radius 2 is 2.05 bits per heavy atom. The molecule has 0 bridgehead atoms. The molecule has 0 aliphatic carbocycles. The van der Waals surface area contributed by atoms with Crippen LogP contribution in [-0.4, -0.2) is 36.1 Å². The van der Waals surface area contributed by atoms with Gasteiger partial charge in [0.25, 0.3) is 5.91 Å². The summed E-state index contributed by atoms with van der Waals surface area (Å²) in [5, 5.41) is 11.3. The van der Waals surface area contributed by atoms with Crippen LogP contribution in [0.25, 0.3) is 0 Å². The highest BCUT2D eigenvalue weighted by molar-refractivity contribution is 5.96. The number of methoxy groups -OCH3 is 1. The predicted octanol–water partition coefficient (Wildman–Crippen LogP) is 1.27. The van der Waals surface area contributed by atoms with Crippen molar-refractivity contribution in [3.05, 3.63) is 35.1 Å². The van der Waals surface area contributed by atoms with E-state index in [0.29, 0.717) is 5.56 Å². The van der Waals surface area contributed by atoms with Crippen molar-refractivity contribution in [2.75, 3.05) is 7.11 Å². The summed E-state index contributed by atoms with van der Waals surface area (Å²) in [6.07, 6.45) is -0.252. The Kier molecular flexibility index (Phi) is 5.83. The number of hydrogen-bond donors (Lipinski definition) is 2. The zero-order valence-electron chi connectivity index (χ0n) is 11.7. The molecule has 0 saturated carbocycles. The highest BCUT2D eigenvalue weighted by Crippen LogP contribution is 2.10. The molecule has 6 nitrogen and oxygen atoms in total. The lowest BCUT2D eigenvalue weighted by molar-refractivity contribution is -0.142. The molecule has 114 valence electrons. The normalized spacial score (nSPS) is 11.6. The third-order valence-electron chi connectivity index (χ3n) is 2.90. The first-order chi connectivity index (χ1) is 9.85. The van der Waals surface area contributed by atoms with E-state index >= 15 is 0 Å². The molecule has 2 N–H and O–H groups in total. The van der Waals surface area contributed by atoms with Crippen LogP contribution in [0, 0.1) is 12.7 Å². The van der Waals surface area contributed by atoms with Gasteiger partial charge in [0.15, 0.2) is 0 Å². The fraction of sp³-hybridized carbons (Fsp3) is 0.357. The van der Waals surface area contributed by atoms with E-state index in [1.54, 1.807) is 6.92 Å². The summed E-state index contributed by atoms with van der Waals surface area (Å²) < 4.78 is 17.8. The van der Waals surface area contributed by atoms with E-state index in [1.807, 2.05) is 0 Å². The second kappa shape index (κ2) is 7.37. The van der Waals surface area contributed by atoms with E-state index < -0.39 is 29.7 Å². The SMILES string of the molecule is COC(=O)CCC(NC(=O)c1ccc(C)c(F)c1)C(=O)O. The summed E-state index contributed by atoms with van der Waals surface area (Å²) in [6, 6.07) is 2.60. The van der Waals surface area contributed by atoms with Gasteiger partial charge in [-0.2, -0.15) is 0 Å². The average molecular weight is 297 g/mol. The molecule has 1 unspecified atom stereocenters. The number of carbonyl (C=O) groups is 3. The van der Waals surface area contributed by atoms with E-state index in [2.05, 4.69) is 10.1 Å². The zero-order valence-corrected chi connectivity index (χ0v) is 11.7. The van der Waals surface area contributed by atoms with Gasteiger partial charge in [-0.1, -0.05) is 6.07 Å². The Morgan fingerprint density at radius 3 is 2.57 bits per heavy atom. The molecular weight excluding hydrogens is 281 g/mol. The second-order valence-electron chi connectivity index (χ2n) is 4.44. The van der Waals surface area contributed by atoms with Gasteiger partial charge >= 0.3 is 11.9 Å². The molecule has 1 atom stereocenters. The number of nitrogens with one attached hydrogen (secondary N) is 1. The molecule has 0 aliphatic rings. The van der Waals surface area contributed by atoms with Crippen molar-refractivity contribution in [2.45, 2.75) is 25.8 Å². The molecule has 1 rings (SSSR count). The van der Waals surface area contributed by atoms with Gasteiger partial charge in [0.2, 0.25) is 0 Å². The van der Waals surface area contributed by atoms with Crippen molar-refractivity contribution in [1.82, 2.24) is 5.32 Å². The molecule has 0 saturated heterocycles. The van der Waals surface area contributed by atoms with Crippen molar-refractivity contribution < 1.29 is 28.6 Å². The topological polar surface area (TPSA) is 92.7 Å². The molecule has 1 aromatic rings. The fourth-order valence-electron chi connectivity index (χ4n) is 1.60. The second-order valence-corrected chi connectivity index (χ2v) is 4.44. The van der Waals surface area contributed by atoms with E-state index in [4.69, 9.17) is 5.11 Å².